The highest BCUT2D eigenvalue weighted by atomic mass is 16.5. The van der Waals surface area contributed by atoms with E-state index in [1.165, 1.54) is 6.08 Å². The van der Waals surface area contributed by atoms with E-state index in [-0.39, 0.29) is 5.97 Å². The number of hydrogen-bond donors (Lipinski definition) is 1. The summed E-state index contributed by atoms with van der Waals surface area (Å²) in [6.45, 7) is 6.22. The first kappa shape index (κ1) is 13.2. The summed E-state index contributed by atoms with van der Waals surface area (Å²) in [4.78, 5) is 13.4. The molecule has 2 unspecified atom stereocenters. The molecule has 1 fully saturated rings. The summed E-state index contributed by atoms with van der Waals surface area (Å²) in [5.41, 5.74) is 5.89. The molecule has 4 nitrogen and oxygen atoms in total. The quantitative estimate of drug-likeness (QED) is 0.572. The van der Waals surface area contributed by atoms with E-state index in [1.54, 1.807) is 6.92 Å². The Balaban J connectivity index is 2.29. The van der Waals surface area contributed by atoms with Crippen LogP contribution in [0.1, 0.15) is 26.7 Å². The van der Waals surface area contributed by atoms with Crippen molar-refractivity contribution in [3.05, 3.63) is 12.2 Å². The van der Waals surface area contributed by atoms with Crippen LogP contribution in [0.5, 0.6) is 0 Å². The summed E-state index contributed by atoms with van der Waals surface area (Å²) in [5.74, 6) is -0.260. The van der Waals surface area contributed by atoms with E-state index in [0.717, 1.165) is 25.9 Å². The molecular weight excluding hydrogens is 204 g/mol. The Hall–Kier alpha value is -0.870. The zero-order valence-electron chi connectivity index (χ0n) is 10.2. The maximum absolute atomic E-state index is 11.1. The number of likely N-dealkylation sites (tertiary alicyclic amines) is 1. The lowest BCUT2D eigenvalue weighted by atomic mass is 9.99. The summed E-state index contributed by atoms with van der Waals surface area (Å²) >= 11 is 0. The maximum atomic E-state index is 11.1. The van der Waals surface area contributed by atoms with E-state index in [0.29, 0.717) is 18.7 Å². The summed E-state index contributed by atoms with van der Waals surface area (Å²) in [5, 5.41) is 0. The molecule has 1 rings (SSSR count). The van der Waals surface area contributed by atoms with Crippen molar-refractivity contribution in [2.45, 2.75) is 38.8 Å². The van der Waals surface area contributed by atoms with E-state index < -0.39 is 0 Å². The average molecular weight is 226 g/mol. The third-order valence-electron chi connectivity index (χ3n) is 2.93. The summed E-state index contributed by atoms with van der Waals surface area (Å²) in [6.07, 6.45) is 5.45. The maximum Gasteiger partial charge on any atom is 0.330 e. The Morgan fingerprint density at radius 3 is 3.00 bits per heavy atom. The molecule has 0 aromatic heterocycles. The molecule has 1 aliphatic rings. The van der Waals surface area contributed by atoms with Gasteiger partial charge in [0.25, 0.3) is 0 Å². The molecule has 0 aliphatic carbocycles. The van der Waals surface area contributed by atoms with Crippen molar-refractivity contribution < 1.29 is 9.53 Å². The molecular formula is C12H22N2O2. The fourth-order valence-corrected chi connectivity index (χ4v) is 2.00. The molecule has 0 amide bonds. The van der Waals surface area contributed by atoms with Gasteiger partial charge in [-0.1, -0.05) is 6.08 Å². The minimum Gasteiger partial charge on any atom is -0.463 e. The third-order valence-corrected chi connectivity index (χ3v) is 2.93. The molecule has 0 saturated carbocycles. The molecule has 2 N–H and O–H groups in total. The minimum atomic E-state index is -0.260. The molecule has 1 heterocycles. The zero-order valence-corrected chi connectivity index (χ0v) is 10.2. The molecule has 4 heteroatoms. The lowest BCUT2D eigenvalue weighted by Gasteiger charge is -2.35. The SMILES string of the molecule is CCOC(=O)/C=C/CN1CCC(N)CC1C. The van der Waals surface area contributed by atoms with Crippen LogP contribution in [-0.2, 0) is 9.53 Å². The van der Waals surface area contributed by atoms with Crippen LogP contribution in [0, 0.1) is 0 Å². The fraction of sp³-hybridized carbons (Fsp3) is 0.750. The van der Waals surface area contributed by atoms with Gasteiger partial charge in [-0.3, -0.25) is 4.90 Å². The molecule has 1 saturated heterocycles. The number of ether oxygens (including phenoxy) is 1. The molecule has 0 aromatic carbocycles. The highest BCUT2D eigenvalue weighted by molar-refractivity contribution is 5.81. The zero-order chi connectivity index (χ0) is 12.0. The minimum absolute atomic E-state index is 0.260. The van der Waals surface area contributed by atoms with E-state index in [2.05, 4.69) is 11.8 Å². The van der Waals surface area contributed by atoms with Crippen LogP contribution in [0.2, 0.25) is 0 Å². The van der Waals surface area contributed by atoms with Crippen LogP contribution in [-0.4, -0.2) is 42.6 Å². The molecule has 2 atom stereocenters. The largest absolute Gasteiger partial charge is 0.463 e. The van der Waals surface area contributed by atoms with Crippen molar-refractivity contribution >= 4 is 5.97 Å². The second-order valence-corrected chi connectivity index (χ2v) is 4.28. The van der Waals surface area contributed by atoms with Gasteiger partial charge in [0.05, 0.1) is 6.61 Å². The number of piperidine rings is 1. The molecule has 0 radical (unpaired) electrons. The van der Waals surface area contributed by atoms with E-state index >= 15 is 0 Å². The molecule has 0 spiro atoms. The van der Waals surface area contributed by atoms with Gasteiger partial charge in [-0.2, -0.15) is 0 Å². The monoisotopic (exact) mass is 226 g/mol. The van der Waals surface area contributed by atoms with Gasteiger partial charge in [-0.05, 0) is 26.7 Å². The predicted octanol–water partition coefficient (Wildman–Crippen LogP) is 0.917. The van der Waals surface area contributed by atoms with E-state index in [9.17, 15) is 4.79 Å². The Labute approximate surface area is 97.4 Å². The van der Waals surface area contributed by atoms with Gasteiger partial charge in [0.2, 0.25) is 0 Å². The summed E-state index contributed by atoms with van der Waals surface area (Å²) in [6, 6.07) is 0.830. The van der Waals surface area contributed by atoms with Crippen molar-refractivity contribution in [1.29, 1.82) is 0 Å². The number of esters is 1. The first-order valence-corrected chi connectivity index (χ1v) is 5.96. The van der Waals surface area contributed by atoms with Crippen LogP contribution >= 0.6 is 0 Å². The van der Waals surface area contributed by atoms with Crippen LogP contribution in [0.15, 0.2) is 12.2 Å². The van der Waals surface area contributed by atoms with E-state index in [1.807, 2.05) is 6.08 Å². The van der Waals surface area contributed by atoms with Crippen LogP contribution in [0.4, 0.5) is 0 Å². The fourth-order valence-electron chi connectivity index (χ4n) is 2.00. The van der Waals surface area contributed by atoms with Crippen molar-refractivity contribution in [2.24, 2.45) is 5.73 Å². The van der Waals surface area contributed by atoms with Gasteiger partial charge in [-0.25, -0.2) is 4.79 Å². The van der Waals surface area contributed by atoms with Gasteiger partial charge in [0.1, 0.15) is 0 Å². The lowest BCUT2D eigenvalue weighted by Crippen LogP contribution is -2.45. The number of nitrogens with zero attached hydrogens (tertiary/aromatic N) is 1. The van der Waals surface area contributed by atoms with Gasteiger partial charge < -0.3 is 10.5 Å². The highest BCUT2D eigenvalue weighted by Crippen LogP contribution is 2.15. The van der Waals surface area contributed by atoms with E-state index in [4.69, 9.17) is 10.5 Å². The highest BCUT2D eigenvalue weighted by Gasteiger charge is 2.21. The standard InChI is InChI=1S/C12H22N2O2/c1-3-16-12(15)5-4-7-14-8-6-11(13)9-10(14)2/h4-5,10-11H,3,6-9,13H2,1-2H3/b5-4+. The molecule has 16 heavy (non-hydrogen) atoms. The van der Waals surface area contributed by atoms with Crippen molar-refractivity contribution in [1.82, 2.24) is 4.90 Å². The van der Waals surface area contributed by atoms with Gasteiger partial charge in [-0.15, -0.1) is 0 Å². The summed E-state index contributed by atoms with van der Waals surface area (Å²) < 4.78 is 4.81. The lowest BCUT2D eigenvalue weighted by molar-refractivity contribution is -0.137. The van der Waals surface area contributed by atoms with Crippen LogP contribution in [0.3, 0.4) is 0 Å². The van der Waals surface area contributed by atoms with Crippen molar-refractivity contribution in [3.8, 4) is 0 Å². The second-order valence-electron chi connectivity index (χ2n) is 4.28. The Morgan fingerprint density at radius 1 is 1.62 bits per heavy atom. The number of nitrogens with two attached hydrogens (primary N) is 1. The smallest absolute Gasteiger partial charge is 0.330 e. The molecule has 92 valence electrons. The molecule has 0 aromatic rings. The van der Waals surface area contributed by atoms with Crippen LogP contribution < -0.4 is 5.73 Å². The Kier molecular flexibility index (Phi) is 5.49. The Morgan fingerprint density at radius 2 is 2.38 bits per heavy atom. The van der Waals surface area contributed by atoms with Crippen molar-refractivity contribution in [2.75, 3.05) is 19.7 Å². The molecule has 0 bridgehead atoms. The van der Waals surface area contributed by atoms with Gasteiger partial charge in [0.15, 0.2) is 0 Å². The first-order chi connectivity index (χ1) is 7.63. The number of rotatable bonds is 4. The topological polar surface area (TPSA) is 55.6 Å². The van der Waals surface area contributed by atoms with Crippen LogP contribution in [0.25, 0.3) is 0 Å². The number of carbonyl (C=O) groups excluding carboxylic acids is 1. The summed E-state index contributed by atoms with van der Waals surface area (Å²) in [7, 11) is 0. The Bertz CT molecular complexity index is 253. The van der Waals surface area contributed by atoms with Gasteiger partial charge >= 0.3 is 5.97 Å². The molecule has 1 aliphatic heterocycles. The predicted molar refractivity (Wildman–Crippen MR) is 64.0 cm³/mol. The average Bonchev–Trinajstić information content (AvgIpc) is 2.22. The number of hydrogen-bond acceptors (Lipinski definition) is 4. The van der Waals surface area contributed by atoms with Gasteiger partial charge in [0, 0.05) is 31.2 Å². The first-order valence-electron chi connectivity index (χ1n) is 5.96. The van der Waals surface area contributed by atoms with Crippen molar-refractivity contribution in [3.63, 3.8) is 0 Å². The normalized spacial score (nSPS) is 27.2. The number of carbonyl (C=O) groups is 1. The third kappa shape index (κ3) is 4.33. The second kappa shape index (κ2) is 6.66.